The average Bonchev–Trinajstić information content (AvgIpc) is 2.70. The summed E-state index contributed by atoms with van der Waals surface area (Å²) in [5.74, 6) is -0.164. The van der Waals surface area contributed by atoms with E-state index in [0.29, 0.717) is 30.8 Å². The number of benzene rings is 2. The van der Waals surface area contributed by atoms with Gasteiger partial charge in [0.15, 0.2) is 0 Å². The van der Waals surface area contributed by atoms with Crippen molar-refractivity contribution in [3.8, 4) is 5.75 Å². The van der Waals surface area contributed by atoms with Gasteiger partial charge in [-0.3, -0.25) is 14.4 Å². The van der Waals surface area contributed by atoms with Gasteiger partial charge in [0.05, 0.1) is 6.42 Å². The number of rotatable bonds is 5. The molecule has 0 aromatic heterocycles. The van der Waals surface area contributed by atoms with Crippen LogP contribution in [0.25, 0.3) is 0 Å². The van der Waals surface area contributed by atoms with E-state index in [1.54, 1.807) is 24.3 Å². The Bertz CT molecular complexity index is 884. The lowest BCUT2D eigenvalue weighted by atomic mass is 10.0. The minimum absolute atomic E-state index is 0.0170. The zero-order valence-corrected chi connectivity index (χ0v) is 16.8. The third-order valence-electron chi connectivity index (χ3n) is 5.02. The normalized spacial score (nSPS) is 14.3. The number of nitrogens with one attached hydrogen (secondary N) is 1. The first-order chi connectivity index (χ1) is 13.9. The fraction of sp³-hybridized carbons (Fsp3) is 0.348. The van der Waals surface area contributed by atoms with Gasteiger partial charge in [-0.05, 0) is 43.5 Å². The molecule has 6 heteroatoms. The summed E-state index contributed by atoms with van der Waals surface area (Å²) >= 11 is 0. The smallest absolute Gasteiger partial charge is 0.308 e. The van der Waals surface area contributed by atoms with E-state index in [0.717, 1.165) is 18.4 Å². The Hall–Kier alpha value is -3.15. The third-order valence-corrected chi connectivity index (χ3v) is 5.02. The van der Waals surface area contributed by atoms with E-state index in [2.05, 4.69) is 5.32 Å². The van der Waals surface area contributed by atoms with Crippen LogP contribution in [-0.4, -0.2) is 41.8 Å². The van der Waals surface area contributed by atoms with Crippen LogP contribution in [0.1, 0.15) is 41.3 Å². The SMILES string of the molecule is CC(=O)Oc1cccc(C(=O)NC2CCN(C(=O)Cc3ccc(C)cc3)CC2)c1. The molecule has 2 aromatic rings. The predicted molar refractivity (Wildman–Crippen MR) is 110 cm³/mol. The lowest BCUT2D eigenvalue weighted by Crippen LogP contribution is -2.47. The highest BCUT2D eigenvalue weighted by atomic mass is 16.5. The minimum Gasteiger partial charge on any atom is -0.427 e. The van der Waals surface area contributed by atoms with Crippen molar-refractivity contribution >= 4 is 17.8 Å². The number of hydrogen-bond acceptors (Lipinski definition) is 4. The van der Waals surface area contributed by atoms with Crippen LogP contribution in [0.15, 0.2) is 48.5 Å². The van der Waals surface area contributed by atoms with E-state index in [1.165, 1.54) is 12.5 Å². The molecule has 29 heavy (non-hydrogen) atoms. The van der Waals surface area contributed by atoms with Gasteiger partial charge in [0, 0.05) is 31.6 Å². The first kappa shape index (κ1) is 20.6. The Morgan fingerprint density at radius 1 is 1.07 bits per heavy atom. The molecule has 152 valence electrons. The van der Waals surface area contributed by atoms with Gasteiger partial charge in [0.25, 0.3) is 5.91 Å². The Morgan fingerprint density at radius 2 is 1.76 bits per heavy atom. The molecule has 1 heterocycles. The molecule has 0 aliphatic carbocycles. The summed E-state index contributed by atoms with van der Waals surface area (Å²) in [6.07, 6.45) is 1.84. The van der Waals surface area contributed by atoms with Crippen LogP contribution in [0.5, 0.6) is 5.75 Å². The number of likely N-dealkylation sites (tertiary alicyclic amines) is 1. The molecular weight excluding hydrogens is 368 g/mol. The molecule has 1 saturated heterocycles. The average molecular weight is 394 g/mol. The zero-order chi connectivity index (χ0) is 20.8. The number of carbonyl (C=O) groups excluding carboxylic acids is 3. The van der Waals surface area contributed by atoms with E-state index in [9.17, 15) is 14.4 Å². The summed E-state index contributed by atoms with van der Waals surface area (Å²) in [5.41, 5.74) is 2.64. The van der Waals surface area contributed by atoms with Gasteiger partial charge in [0.2, 0.25) is 5.91 Å². The van der Waals surface area contributed by atoms with E-state index in [4.69, 9.17) is 4.74 Å². The second-order valence-electron chi connectivity index (χ2n) is 7.41. The molecule has 0 radical (unpaired) electrons. The number of amides is 2. The monoisotopic (exact) mass is 394 g/mol. The highest BCUT2D eigenvalue weighted by molar-refractivity contribution is 5.95. The Morgan fingerprint density at radius 3 is 2.41 bits per heavy atom. The van der Waals surface area contributed by atoms with Crippen molar-refractivity contribution in [2.24, 2.45) is 0 Å². The standard InChI is InChI=1S/C23H26N2O4/c1-16-6-8-18(9-7-16)14-22(27)25-12-10-20(11-13-25)24-23(28)19-4-3-5-21(15-19)29-17(2)26/h3-9,15,20H,10-14H2,1-2H3,(H,24,28). The van der Waals surface area contributed by atoms with Crippen molar-refractivity contribution in [1.29, 1.82) is 0 Å². The second-order valence-corrected chi connectivity index (χ2v) is 7.41. The molecular formula is C23H26N2O4. The topological polar surface area (TPSA) is 75.7 Å². The van der Waals surface area contributed by atoms with Crippen LogP contribution in [-0.2, 0) is 16.0 Å². The highest BCUT2D eigenvalue weighted by Crippen LogP contribution is 2.16. The van der Waals surface area contributed by atoms with Crippen molar-refractivity contribution in [3.63, 3.8) is 0 Å². The quantitative estimate of drug-likeness (QED) is 0.625. The van der Waals surface area contributed by atoms with Crippen LogP contribution in [0.2, 0.25) is 0 Å². The lowest BCUT2D eigenvalue weighted by molar-refractivity contribution is -0.132. The van der Waals surface area contributed by atoms with Crippen LogP contribution >= 0.6 is 0 Å². The van der Waals surface area contributed by atoms with E-state index in [1.807, 2.05) is 36.1 Å². The maximum absolute atomic E-state index is 12.5. The van der Waals surface area contributed by atoms with Crippen molar-refractivity contribution in [2.75, 3.05) is 13.1 Å². The van der Waals surface area contributed by atoms with Crippen molar-refractivity contribution in [2.45, 2.75) is 39.2 Å². The van der Waals surface area contributed by atoms with Crippen molar-refractivity contribution in [1.82, 2.24) is 10.2 Å². The molecule has 0 bridgehead atoms. The molecule has 0 atom stereocenters. The number of nitrogens with zero attached hydrogens (tertiary/aromatic N) is 1. The lowest BCUT2D eigenvalue weighted by Gasteiger charge is -2.32. The minimum atomic E-state index is -0.426. The second kappa shape index (κ2) is 9.37. The molecule has 1 N–H and O–H groups in total. The molecule has 0 spiro atoms. The first-order valence-electron chi connectivity index (χ1n) is 9.83. The van der Waals surface area contributed by atoms with Gasteiger partial charge in [-0.25, -0.2) is 0 Å². The van der Waals surface area contributed by atoms with E-state index < -0.39 is 5.97 Å². The fourth-order valence-electron chi connectivity index (χ4n) is 3.40. The third kappa shape index (κ3) is 5.91. The van der Waals surface area contributed by atoms with Crippen LogP contribution in [0.3, 0.4) is 0 Å². The van der Waals surface area contributed by atoms with Gasteiger partial charge in [-0.2, -0.15) is 0 Å². The Labute approximate surface area is 170 Å². The fourth-order valence-corrected chi connectivity index (χ4v) is 3.40. The van der Waals surface area contributed by atoms with Crippen molar-refractivity contribution < 1.29 is 19.1 Å². The summed E-state index contributed by atoms with van der Waals surface area (Å²) in [6.45, 7) is 4.60. The van der Waals surface area contributed by atoms with Crippen LogP contribution in [0.4, 0.5) is 0 Å². The molecule has 3 rings (SSSR count). The highest BCUT2D eigenvalue weighted by Gasteiger charge is 2.24. The van der Waals surface area contributed by atoms with Gasteiger partial charge < -0.3 is 15.0 Å². The van der Waals surface area contributed by atoms with Gasteiger partial charge >= 0.3 is 5.97 Å². The van der Waals surface area contributed by atoms with E-state index >= 15 is 0 Å². The number of carbonyl (C=O) groups is 3. The molecule has 2 aromatic carbocycles. The molecule has 1 aliphatic heterocycles. The number of esters is 1. The van der Waals surface area contributed by atoms with Crippen LogP contribution < -0.4 is 10.1 Å². The summed E-state index contributed by atoms with van der Waals surface area (Å²) in [6, 6.07) is 14.6. The molecule has 0 saturated carbocycles. The Balaban J connectivity index is 1.49. The summed E-state index contributed by atoms with van der Waals surface area (Å²) in [7, 11) is 0. The van der Waals surface area contributed by atoms with Gasteiger partial charge in [-0.1, -0.05) is 35.9 Å². The first-order valence-corrected chi connectivity index (χ1v) is 9.83. The summed E-state index contributed by atoms with van der Waals surface area (Å²) in [5, 5.41) is 3.01. The summed E-state index contributed by atoms with van der Waals surface area (Å²) in [4.78, 5) is 38.0. The number of ether oxygens (including phenoxy) is 1. The van der Waals surface area contributed by atoms with E-state index in [-0.39, 0.29) is 17.9 Å². The van der Waals surface area contributed by atoms with Gasteiger partial charge in [0.1, 0.15) is 5.75 Å². The van der Waals surface area contributed by atoms with Crippen molar-refractivity contribution in [3.05, 3.63) is 65.2 Å². The molecule has 1 aliphatic rings. The molecule has 1 fully saturated rings. The van der Waals surface area contributed by atoms with Gasteiger partial charge in [-0.15, -0.1) is 0 Å². The number of aryl methyl sites for hydroxylation is 1. The summed E-state index contributed by atoms with van der Waals surface area (Å²) < 4.78 is 5.03. The predicted octanol–water partition coefficient (Wildman–Crippen LogP) is 2.88. The van der Waals surface area contributed by atoms with Crippen LogP contribution in [0, 0.1) is 6.92 Å². The maximum Gasteiger partial charge on any atom is 0.308 e. The number of piperidine rings is 1. The Kier molecular flexibility index (Phi) is 6.65. The largest absolute Gasteiger partial charge is 0.427 e. The number of hydrogen-bond donors (Lipinski definition) is 1. The molecule has 2 amide bonds. The molecule has 0 unspecified atom stereocenters. The maximum atomic E-state index is 12.5. The zero-order valence-electron chi connectivity index (χ0n) is 16.8. The molecule has 6 nitrogen and oxygen atoms in total.